The average molecular weight is 184 g/mol. The molecule has 1 aromatic heterocycles. The molecular weight excluding hydrogens is 172 g/mol. The van der Waals surface area contributed by atoms with E-state index >= 15 is 0 Å². The third kappa shape index (κ3) is 3.29. The molecule has 6 nitrogen and oxygen atoms in total. The second-order valence-electron chi connectivity index (χ2n) is 2.65. The van der Waals surface area contributed by atoms with Crippen molar-refractivity contribution in [2.75, 3.05) is 13.7 Å². The largest absolute Gasteiger partial charge is 0.384 e. The van der Waals surface area contributed by atoms with Crippen LogP contribution in [0.1, 0.15) is 12.2 Å². The minimum atomic E-state index is 0.0647. The van der Waals surface area contributed by atoms with Crippen molar-refractivity contribution >= 4 is 5.78 Å². The van der Waals surface area contributed by atoms with Crippen LogP contribution in [0.15, 0.2) is 0 Å². The molecule has 0 bridgehead atoms. The zero-order chi connectivity index (χ0) is 9.68. The predicted molar refractivity (Wildman–Crippen MR) is 44.0 cm³/mol. The molecule has 0 aliphatic heterocycles. The lowest BCUT2D eigenvalue weighted by atomic mass is 10.2. The number of aryl methyl sites for hydroxylation is 1. The molecule has 0 saturated heterocycles. The number of rotatable bonds is 5. The van der Waals surface area contributed by atoms with Crippen LogP contribution in [0, 0.1) is 0 Å². The number of carbonyl (C=O) groups excluding carboxylic acids is 1. The Hall–Kier alpha value is -1.30. The van der Waals surface area contributed by atoms with Gasteiger partial charge in [0, 0.05) is 13.5 Å². The Morgan fingerprint density at radius 2 is 2.38 bits per heavy atom. The van der Waals surface area contributed by atoms with E-state index in [4.69, 9.17) is 4.74 Å². The zero-order valence-electron chi connectivity index (χ0n) is 7.73. The van der Waals surface area contributed by atoms with Gasteiger partial charge < -0.3 is 4.74 Å². The molecule has 0 radical (unpaired) electrons. The Balaban J connectivity index is 2.36. The first-order chi connectivity index (χ1) is 6.22. The van der Waals surface area contributed by atoms with Crippen molar-refractivity contribution in [3.63, 3.8) is 0 Å². The second kappa shape index (κ2) is 4.66. The molecular formula is C7H12N4O2. The van der Waals surface area contributed by atoms with Crippen molar-refractivity contribution in [2.45, 2.75) is 12.8 Å². The molecule has 1 rings (SSSR count). The standard InChI is InChI=1S/C7H12N4O2/c1-11-9-7(8-10-11)5-6(12)3-4-13-2/h3-5H2,1-2H3. The summed E-state index contributed by atoms with van der Waals surface area (Å²) in [6.07, 6.45) is 0.631. The van der Waals surface area contributed by atoms with E-state index in [1.54, 1.807) is 14.2 Å². The van der Waals surface area contributed by atoms with E-state index in [-0.39, 0.29) is 12.2 Å². The highest BCUT2D eigenvalue weighted by Gasteiger charge is 2.07. The normalized spacial score (nSPS) is 10.3. The molecule has 0 atom stereocenters. The van der Waals surface area contributed by atoms with Gasteiger partial charge in [0.2, 0.25) is 0 Å². The molecule has 6 heteroatoms. The van der Waals surface area contributed by atoms with Crippen molar-refractivity contribution in [3.8, 4) is 0 Å². The average Bonchev–Trinajstić information content (AvgIpc) is 2.48. The number of carbonyl (C=O) groups is 1. The van der Waals surface area contributed by atoms with Gasteiger partial charge in [-0.1, -0.05) is 0 Å². The molecule has 72 valence electrons. The van der Waals surface area contributed by atoms with E-state index in [1.807, 2.05) is 0 Å². The summed E-state index contributed by atoms with van der Waals surface area (Å²) in [6, 6.07) is 0. The van der Waals surface area contributed by atoms with Gasteiger partial charge in [0.1, 0.15) is 5.78 Å². The molecule has 0 spiro atoms. The number of ether oxygens (including phenoxy) is 1. The number of Topliss-reactive ketones (excluding diaryl/α,β-unsaturated/α-hetero) is 1. The van der Waals surface area contributed by atoms with E-state index in [0.717, 1.165) is 0 Å². The highest BCUT2D eigenvalue weighted by Crippen LogP contribution is 1.93. The maximum atomic E-state index is 11.2. The molecule has 0 unspecified atom stereocenters. The van der Waals surface area contributed by atoms with Crippen LogP contribution in [-0.2, 0) is 23.0 Å². The Morgan fingerprint density at radius 1 is 1.62 bits per heavy atom. The Labute approximate surface area is 75.9 Å². The number of ketones is 1. The molecule has 0 saturated carbocycles. The zero-order valence-corrected chi connectivity index (χ0v) is 7.73. The maximum absolute atomic E-state index is 11.2. The van der Waals surface area contributed by atoms with Gasteiger partial charge in [0.05, 0.1) is 20.1 Å². The van der Waals surface area contributed by atoms with Crippen molar-refractivity contribution in [1.29, 1.82) is 0 Å². The van der Waals surface area contributed by atoms with E-state index in [0.29, 0.717) is 18.9 Å². The molecule has 0 fully saturated rings. The van der Waals surface area contributed by atoms with Crippen LogP contribution >= 0.6 is 0 Å². The topological polar surface area (TPSA) is 69.9 Å². The van der Waals surface area contributed by atoms with Crippen LogP contribution in [0.3, 0.4) is 0 Å². The van der Waals surface area contributed by atoms with Gasteiger partial charge in [0.25, 0.3) is 0 Å². The van der Waals surface area contributed by atoms with Crippen LogP contribution in [0.2, 0.25) is 0 Å². The Morgan fingerprint density at radius 3 is 2.92 bits per heavy atom. The third-order valence-corrected chi connectivity index (χ3v) is 1.49. The van der Waals surface area contributed by atoms with Gasteiger partial charge in [-0.05, 0) is 5.21 Å². The molecule has 0 aliphatic carbocycles. The second-order valence-corrected chi connectivity index (χ2v) is 2.65. The number of hydrogen-bond acceptors (Lipinski definition) is 5. The van der Waals surface area contributed by atoms with E-state index in [9.17, 15) is 4.79 Å². The van der Waals surface area contributed by atoms with Gasteiger partial charge in [-0.3, -0.25) is 4.79 Å². The Kier molecular flexibility index (Phi) is 3.51. The molecule has 13 heavy (non-hydrogen) atoms. The van der Waals surface area contributed by atoms with Crippen LogP contribution in [-0.4, -0.2) is 39.7 Å². The molecule has 1 heterocycles. The number of tetrazole rings is 1. The van der Waals surface area contributed by atoms with Gasteiger partial charge in [-0.2, -0.15) is 4.80 Å². The first-order valence-corrected chi connectivity index (χ1v) is 3.96. The predicted octanol–water partition coefficient (Wildman–Crippen LogP) is -0.642. The summed E-state index contributed by atoms with van der Waals surface area (Å²) >= 11 is 0. The summed E-state index contributed by atoms with van der Waals surface area (Å²) in [5.74, 6) is 0.526. The van der Waals surface area contributed by atoms with Gasteiger partial charge in [0.15, 0.2) is 5.82 Å². The van der Waals surface area contributed by atoms with Crippen molar-refractivity contribution in [3.05, 3.63) is 5.82 Å². The minimum Gasteiger partial charge on any atom is -0.384 e. The fourth-order valence-corrected chi connectivity index (χ4v) is 0.875. The molecule has 0 N–H and O–H groups in total. The Bertz CT molecular complexity index is 284. The fraction of sp³-hybridized carbons (Fsp3) is 0.714. The van der Waals surface area contributed by atoms with E-state index in [2.05, 4.69) is 15.4 Å². The maximum Gasteiger partial charge on any atom is 0.182 e. The smallest absolute Gasteiger partial charge is 0.182 e. The van der Waals surface area contributed by atoms with Crippen LogP contribution in [0.4, 0.5) is 0 Å². The summed E-state index contributed by atoms with van der Waals surface area (Å²) in [5, 5.41) is 11.2. The van der Waals surface area contributed by atoms with Crippen molar-refractivity contribution < 1.29 is 9.53 Å². The molecule has 0 amide bonds. The van der Waals surface area contributed by atoms with E-state index in [1.165, 1.54) is 4.80 Å². The van der Waals surface area contributed by atoms with Gasteiger partial charge >= 0.3 is 0 Å². The number of hydrogen-bond donors (Lipinski definition) is 0. The monoisotopic (exact) mass is 184 g/mol. The highest BCUT2D eigenvalue weighted by molar-refractivity contribution is 5.80. The fourth-order valence-electron chi connectivity index (χ4n) is 0.875. The SMILES string of the molecule is COCCC(=O)Cc1nnn(C)n1. The van der Waals surface area contributed by atoms with E-state index < -0.39 is 0 Å². The summed E-state index contributed by atoms with van der Waals surface area (Å²) in [6.45, 7) is 0.444. The lowest BCUT2D eigenvalue weighted by Gasteiger charge is -1.95. The first kappa shape index (κ1) is 9.79. The molecule has 0 aromatic carbocycles. The summed E-state index contributed by atoms with van der Waals surface area (Å²) in [4.78, 5) is 12.5. The van der Waals surface area contributed by atoms with Crippen molar-refractivity contribution in [2.24, 2.45) is 7.05 Å². The van der Waals surface area contributed by atoms with Gasteiger partial charge in [-0.25, -0.2) is 0 Å². The highest BCUT2D eigenvalue weighted by atomic mass is 16.5. The van der Waals surface area contributed by atoms with Crippen LogP contribution in [0.25, 0.3) is 0 Å². The molecule has 0 aliphatic rings. The molecule has 1 aromatic rings. The summed E-state index contributed by atoms with van der Waals surface area (Å²) < 4.78 is 4.77. The third-order valence-electron chi connectivity index (χ3n) is 1.49. The lowest BCUT2D eigenvalue weighted by molar-refractivity contribution is -0.119. The number of methoxy groups -OCH3 is 1. The number of nitrogens with zero attached hydrogens (tertiary/aromatic N) is 4. The minimum absolute atomic E-state index is 0.0647. The van der Waals surface area contributed by atoms with Crippen molar-refractivity contribution in [1.82, 2.24) is 20.2 Å². The quantitative estimate of drug-likeness (QED) is 0.608. The van der Waals surface area contributed by atoms with Crippen LogP contribution < -0.4 is 0 Å². The first-order valence-electron chi connectivity index (χ1n) is 3.96. The van der Waals surface area contributed by atoms with Gasteiger partial charge in [-0.15, -0.1) is 10.2 Å². The summed E-state index contributed by atoms with van der Waals surface area (Å²) in [7, 11) is 3.23. The lowest BCUT2D eigenvalue weighted by Crippen LogP contribution is -2.07. The number of aromatic nitrogens is 4. The summed E-state index contributed by atoms with van der Waals surface area (Å²) in [5.41, 5.74) is 0. The van der Waals surface area contributed by atoms with Crippen LogP contribution in [0.5, 0.6) is 0 Å².